The Balaban J connectivity index is 2.20. The Morgan fingerprint density at radius 1 is 1.73 bits per heavy atom. The van der Waals surface area contributed by atoms with Crippen molar-refractivity contribution in [2.45, 2.75) is 0 Å². The van der Waals surface area contributed by atoms with Gasteiger partial charge >= 0.3 is 0 Å². The quantitative estimate of drug-likeness (QED) is 0.521. The summed E-state index contributed by atoms with van der Waals surface area (Å²) < 4.78 is 6.56. The second-order valence-corrected chi connectivity index (χ2v) is 3.05. The van der Waals surface area contributed by atoms with Crippen molar-refractivity contribution < 1.29 is 9.53 Å². The van der Waals surface area contributed by atoms with E-state index in [1.807, 2.05) is 0 Å². The number of carbonyl (C=O) groups is 1. The Labute approximate surface area is 87.4 Å². The molecule has 0 unspecified atom stereocenters. The van der Waals surface area contributed by atoms with Crippen molar-refractivity contribution in [1.82, 2.24) is 9.78 Å². The van der Waals surface area contributed by atoms with Crippen LogP contribution in [0.15, 0.2) is 6.20 Å². The molecule has 0 bridgehead atoms. The molecule has 0 saturated heterocycles. The number of aromatic nitrogens is 2. The summed E-state index contributed by atoms with van der Waals surface area (Å²) in [5.41, 5.74) is 11.1. The molecule has 1 aromatic rings. The van der Waals surface area contributed by atoms with Gasteiger partial charge in [-0.1, -0.05) is 0 Å². The van der Waals surface area contributed by atoms with E-state index in [0.29, 0.717) is 24.7 Å². The lowest BCUT2D eigenvalue weighted by Gasteiger charge is -2.03. The molecule has 0 aliphatic rings. The fraction of sp³-hybridized carbons (Fsp3) is 0.500. The van der Waals surface area contributed by atoms with Crippen molar-refractivity contribution in [3.63, 3.8) is 0 Å². The lowest BCUT2D eigenvalue weighted by atomic mass is 10.5. The number of anilines is 2. The van der Waals surface area contributed by atoms with Crippen LogP contribution in [0.3, 0.4) is 0 Å². The van der Waals surface area contributed by atoms with Crippen molar-refractivity contribution in [2.24, 2.45) is 12.8 Å². The monoisotopic (exact) mass is 213 g/mol. The highest BCUT2D eigenvalue weighted by molar-refractivity contribution is 5.74. The van der Waals surface area contributed by atoms with Gasteiger partial charge in [0.15, 0.2) is 5.82 Å². The fourth-order valence-corrected chi connectivity index (χ4v) is 1.06. The Morgan fingerprint density at radius 2 is 2.47 bits per heavy atom. The van der Waals surface area contributed by atoms with Gasteiger partial charge in [0.1, 0.15) is 6.61 Å². The highest BCUT2D eigenvalue weighted by Crippen LogP contribution is 2.13. The van der Waals surface area contributed by atoms with Crippen LogP contribution >= 0.6 is 0 Å². The average Bonchev–Trinajstić information content (AvgIpc) is 2.44. The number of rotatable bonds is 6. The van der Waals surface area contributed by atoms with E-state index in [0.717, 1.165) is 0 Å². The third-order valence-electron chi connectivity index (χ3n) is 1.64. The van der Waals surface area contributed by atoms with E-state index in [2.05, 4.69) is 10.4 Å². The molecular formula is C8H15N5O2. The van der Waals surface area contributed by atoms with E-state index in [9.17, 15) is 4.79 Å². The standard InChI is InChI=1S/C8H15N5O2/c1-13-4-6(9)8(12-13)11-2-3-15-5-7(10)14/h4H,2-3,5,9H2,1H3,(H2,10,14)(H,11,12). The number of ether oxygens (including phenoxy) is 1. The molecule has 0 aliphatic carbocycles. The zero-order valence-electron chi connectivity index (χ0n) is 8.56. The highest BCUT2D eigenvalue weighted by Gasteiger charge is 2.02. The maximum atomic E-state index is 10.3. The summed E-state index contributed by atoms with van der Waals surface area (Å²) in [6.07, 6.45) is 1.70. The molecule has 0 spiro atoms. The summed E-state index contributed by atoms with van der Waals surface area (Å²) in [5, 5.41) is 7.05. The van der Waals surface area contributed by atoms with Crippen LogP contribution < -0.4 is 16.8 Å². The number of nitrogen functional groups attached to an aromatic ring is 1. The molecule has 0 aliphatic heterocycles. The van der Waals surface area contributed by atoms with Gasteiger partial charge in [-0.3, -0.25) is 9.48 Å². The van der Waals surface area contributed by atoms with Gasteiger partial charge in [0.2, 0.25) is 5.91 Å². The van der Waals surface area contributed by atoms with Crippen LogP contribution in [-0.2, 0) is 16.6 Å². The number of aryl methyl sites for hydroxylation is 1. The summed E-state index contributed by atoms with van der Waals surface area (Å²) >= 11 is 0. The molecule has 0 saturated carbocycles. The van der Waals surface area contributed by atoms with E-state index in [1.165, 1.54) is 0 Å². The van der Waals surface area contributed by atoms with E-state index in [1.54, 1.807) is 17.9 Å². The number of hydrogen-bond acceptors (Lipinski definition) is 5. The van der Waals surface area contributed by atoms with Gasteiger partial charge in [-0.05, 0) is 0 Å². The van der Waals surface area contributed by atoms with Crippen LogP contribution in [0, 0.1) is 0 Å². The van der Waals surface area contributed by atoms with Gasteiger partial charge in [-0.25, -0.2) is 0 Å². The molecule has 0 aromatic carbocycles. The lowest BCUT2D eigenvalue weighted by molar-refractivity contribution is -0.122. The van der Waals surface area contributed by atoms with Gasteiger partial charge < -0.3 is 21.5 Å². The Bertz CT molecular complexity index is 336. The molecule has 0 radical (unpaired) electrons. The summed E-state index contributed by atoms with van der Waals surface area (Å²) in [7, 11) is 1.78. The molecule has 5 N–H and O–H groups in total. The second kappa shape index (κ2) is 5.20. The predicted molar refractivity (Wildman–Crippen MR) is 56.1 cm³/mol. The first kappa shape index (κ1) is 11.3. The molecule has 7 nitrogen and oxygen atoms in total. The third-order valence-corrected chi connectivity index (χ3v) is 1.64. The molecule has 1 heterocycles. The minimum Gasteiger partial charge on any atom is -0.394 e. The van der Waals surface area contributed by atoms with Crippen molar-refractivity contribution >= 4 is 17.4 Å². The molecule has 7 heteroatoms. The molecule has 15 heavy (non-hydrogen) atoms. The number of hydrogen-bond donors (Lipinski definition) is 3. The SMILES string of the molecule is Cn1cc(N)c(NCCOCC(N)=O)n1. The topological polar surface area (TPSA) is 108 Å². The smallest absolute Gasteiger partial charge is 0.243 e. The first-order valence-electron chi connectivity index (χ1n) is 4.48. The van der Waals surface area contributed by atoms with E-state index in [4.69, 9.17) is 16.2 Å². The lowest BCUT2D eigenvalue weighted by Crippen LogP contribution is -2.20. The number of carbonyl (C=O) groups excluding carboxylic acids is 1. The largest absolute Gasteiger partial charge is 0.394 e. The maximum Gasteiger partial charge on any atom is 0.243 e. The molecule has 84 valence electrons. The normalized spacial score (nSPS) is 10.2. The molecular weight excluding hydrogens is 198 g/mol. The van der Waals surface area contributed by atoms with Gasteiger partial charge in [0.25, 0.3) is 0 Å². The first-order valence-corrected chi connectivity index (χ1v) is 4.48. The van der Waals surface area contributed by atoms with Crippen molar-refractivity contribution in [2.75, 3.05) is 30.8 Å². The zero-order valence-corrected chi connectivity index (χ0v) is 8.56. The zero-order chi connectivity index (χ0) is 11.3. The van der Waals surface area contributed by atoms with Gasteiger partial charge in [0.05, 0.1) is 12.3 Å². The number of nitrogens with two attached hydrogens (primary N) is 2. The van der Waals surface area contributed by atoms with Crippen LogP contribution in [0.2, 0.25) is 0 Å². The number of amides is 1. The molecule has 1 rings (SSSR count). The number of nitrogens with one attached hydrogen (secondary N) is 1. The van der Waals surface area contributed by atoms with E-state index < -0.39 is 5.91 Å². The molecule has 1 amide bonds. The summed E-state index contributed by atoms with van der Waals surface area (Å²) in [6.45, 7) is 0.826. The highest BCUT2D eigenvalue weighted by atomic mass is 16.5. The molecule has 0 fully saturated rings. The van der Waals surface area contributed by atoms with Crippen LogP contribution in [-0.4, -0.2) is 35.4 Å². The van der Waals surface area contributed by atoms with Crippen LogP contribution in [0.4, 0.5) is 11.5 Å². The minimum absolute atomic E-state index is 0.0701. The first-order chi connectivity index (χ1) is 7.09. The summed E-state index contributed by atoms with van der Waals surface area (Å²) in [5.74, 6) is 0.132. The van der Waals surface area contributed by atoms with Gasteiger partial charge in [-0.15, -0.1) is 0 Å². The maximum absolute atomic E-state index is 10.3. The summed E-state index contributed by atoms with van der Waals surface area (Å²) in [6, 6.07) is 0. The fourth-order valence-electron chi connectivity index (χ4n) is 1.06. The predicted octanol–water partition coefficient (Wildman–Crippen LogP) is -1.08. The van der Waals surface area contributed by atoms with Gasteiger partial charge in [-0.2, -0.15) is 5.10 Å². The van der Waals surface area contributed by atoms with E-state index >= 15 is 0 Å². The Hall–Kier alpha value is -1.76. The summed E-state index contributed by atoms with van der Waals surface area (Å²) in [4.78, 5) is 10.3. The van der Waals surface area contributed by atoms with Crippen molar-refractivity contribution in [3.05, 3.63) is 6.20 Å². The Kier molecular flexibility index (Phi) is 3.92. The number of nitrogens with zero attached hydrogens (tertiary/aromatic N) is 2. The molecule has 0 atom stereocenters. The number of primary amides is 1. The van der Waals surface area contributed by atoms with Crippen LogP contribution in [0.25, 0.3) is 0 Å². The minimum atomic E-state index is -0.479. The Morgan fingerprint density at radius 3 is 3.00 bits per heavy atom. The van der Waals surface area contributed by atoms with Crippen LogP contribution in [0.5, 0.6) is 0 Å². The third kappa shape index (κ3) is 3.86. The van der Waals surface area contributed by atoms with Crippen molar-refractivity contribution in [3.8, 4) is 0 Å². The van der Waals surface area contributed by atoms with E-state index in [-0.39, 0.29) is 6.61 Å². The molecule has 1 aromatic heterocycles. The average molecular weight is 213 g/mol. The van der Waals surface area contributed by atoms with Gasteiger partial charge in [0, 0.05) is 19.8 Å². The second-order valence-electron chi connectivity index (χ2n) is 3.05. The van der Waals surface area contributed by atoms with Crippen molar-refractivity contribution in [1.29, 1.82) is 0 Å². The van der Waals surface area contributed by atoms with Crippen LogP contribution in [0.1, 0.15) is 0 Å².